The van der Waals surface area contributed by atoms with Crippen LogP contribution >= 0.6 is 0 Å². The summed E-state index contributed by atoms with van der Waals surface area (Å²) in [6.07, 6.45) is -4.68. The number of aromatic nitrogens is 2. The van der Waals surface area contributed by atoms with Crippen molar-refractivity contribution < 1.29 is 36.7 Å². The van der Waals surface area contributed by atoms with E-state index in [2.05, 4.69) is 5.32 Å². The minimum atomic E-state index is -4.68. The predicted molar refractivity (Wildman–Crippen MR) is 148 cm³/mol. The third kappa shape index (κ3) is 5.85. The highest BCUT2D eigenvalue weighted by atomic mass is 19.4. The molecule has 1 unspecified atom stereocenters. The predicted octanol–water partition coefficient (Wildman–Crippen LogP) is 5.39. The molecule has 0 aliphatic carbocycles. The number of carbonyl (C=O) groups excluding carboxylic acids is 3. The van der Waals surface area contributed by atoms with Crippen molar-refractivity contribution >= 4 is 23.6 Å². The standard InChI is InChI=1S/C31H26F4N4O4/c1-3-38-29-26(24(17-43-18(2)40)37-39(29)23-10-5-4-6-11-23)25(19-12-14-22(32)15-13-19)27(30(38)42)36-28(41)20-8-7-9-21(16-20)31(33,34)35/h4-16,25,27H,3,17H2,1-2H3,(H,36,41)/t25-,27?/m0/s1. The van der Waals surface area contributed by atoms with Gasteiger partial charge in [-0.2, -0.15) is 18.3 Å². The number of carbonyl (C=O) groups is 3. The van der Waals surface area contributed by atoms with Crippen LogP contribution in [0, 0.1) is 5.82 Å². The maximum Gasteiger partial charge on any atom is 0.416 e. The summed E-state index contributed by atoms with van der Waals surface area (Å²) < 4.78 is 61.0. The van der Waals surface area contributed by atoms with Gasteiger partial charge in [0, 0.05) is 30.5 Å². The van der Waals surface area contributed by atoms with Crippen LogP contribution in [0.2, 0.25) is 0 Å². The molecule has 2 atom stereocenters. The van der Waals surface area contributed by atoms with Gasteiger partial charge in [-0.1, -0.05) is 36.4 Å². The molecule has 1 aliphatic heterocycles. The second-order valence-corrected chi connectivity index (χ2v) is 9.85. The number of hydrogen-bond donors (Lipinski definition) is 1. The van der Waals surface area contributed by atoms with Gasteiger partial charge >= 0.3 is 12.1 Å². The molecule has 0 bridgehead atoms. The Morgan fingerprint density at radius 1 is 1.00 bits per heavy atom. The van der Waals surface area contributed by atoms with Gasteiger partial charge in [0.1, 0.15) is 30.0 Å². The van der Waals surface area contributed by atoms with E-state index in [0.29, 0.717) is 28.7 Å². The summed E-state index contributed by atoms with van der Waals surface area (Å²) >= 11 is 0. The fraction of sp³-hybridized carbons (Fsp3) is 0.226. The molecule has 4 aromatic rings. The molecule has 43 heavy (non-hydrogen) atoms. The van der Waals surface area contributed by atoms with E-state index < -0.39 is 47.3 Å². The first-order chi connectivity index (χ1) is 20.5. The second-order valence-electron chi connectivity index (χ2n) is 9.85. The molecule has 0 saturated carbocycles. The van der Waals surface area contributed by atoms with Gasteiger partial charge < -0.3 is 10.1 Å². The van der Waals surface area contributed by atoms with Crippen LogP contribution in [-0.4, -0.2) is 40.2 Å². The lowest BCUT2D eigenvalue weighted by atomic mass is 9.81. The lowest BCUT2D eigenvalue weighted by molar-refractivity contribution is -0.142. The zero-order valence-electron chi connectivity index (χ0n) is 23.1. The molecule has 2 heterocycles. The number of benzene rings is 3. The molecule has 1 aliphatic rings. The summed E-state index contributed by atoms with van der Waals surface area (Å²) in [7, 11) is 0. The number of rotatable bonds is 7. The maximum absolute atomic E-state index is 14.2. The van der Waals surface area contributed by atoms with Crippen molar-refractivity contribution in [2.24, 2.45) is 0 Å². The Morgan fingerprint density at radius 2 is 1.70 bits per heavy atom. The van der Waals surface area contributed by atoms with Crippen LogP contribution in [0.3, 0.4) is 0 Å². The topological polar surface area (TPSA) is 93.5 Å². The monoisotopic (exact) mass is 594 g/mol. The SMILES string of the molecule is CCN1C(=O)C(NC(=O)c2cccc(C(F)(F)F)c2)[C@@H](c2ccc(F)cc2)c2c(COC(C)=O)nn(-c3ccccc3)c21. The molecule has 222 valence electrons. The number of esters is 1. The largest absolute Gasteiger partial charge is 0.459 e. The average molecular weight is 595 g/mol. The number of para-hydroxylation sites is 1. The van der Waals surface area contributed by atoms with Crippen LogP contribution in [0.5, 0.6) is 0 Å². The van der Waals surface area contributed by atoms with Crippen molar-refractivity contribution in [2.75, 3.05) is 11.4 Å². The zero-order valence-corrected chi connectivity index (χ0v) is 23.1. The number of nitrogens with zero attached hydrogens (tertiary/aromatic N) is 3. The van der Waals surface area contributed by atoms with E-state index in [1.54, 1.807) is 31.2 Å². The molecule has 0 spiro atoms. The number of amides is 2. The number of anilines is 1. The number of likely N-dealkylation sites (N-methyl/N-ethyl adjacent to an activating group) is 1. The van der Waals surface area contributed by atoms with Gasteiger partial charge in [0.2, 0.25) is 0 Å². The smallest absolute Gasteiger partial charge is 0.416 e. The summed E-state index contributed by atoms with van der Waals surface area (Å²) in [5.41, 5.74) is 0.436. The minimum Gasteiger partial charge on any atom is -0.459 e. The first kappa shape index (κ1) is 29.5. The second kappa shape index (κ2) is 11.7. The lowest BCUT2D eigenvalue weighted by Gasteiger charge is -2.38. The molecular formula is C31H26F4N4O4. The fourth-order valence-electron chi connectivity index (χ4n) is 5.19. The van der Waals surface area contributed by atoms with E-state index >= 15 is 0 Å². The van der Waals surface area contributed by atoms with E-state index in [4.69, 9.17) is 9.84 Å². The summed E-state index contributed by atoms with van der Waals surface area (Å²) in [4.78, 5) is 40.8. The van der Waals surface area contributed by atoms with E-state index in [9.17, 15) is 31.9 Å². The highest BCUT2D eigenvalue weighted by molar-refractivity contribution is 6.05. The van der Waals surface area contributed by atoms with Crippen LogP contribution in [0.1, 0.15) is 52.5 Å². The highest BCUT2D eigenvalue weighted by Crippen LogP contribution is 2.44. The summed E-state index contributed by atoms with van der Waals surface area (Å²) in [6, 6.07) is 16.8. The lowest BCUT2D eigenvalue weighted by Crippen LogP contribution is -2.55. The van der Waals surface area contributed by atoms with Gasteiger partial charge in [-0.05, 0) is 55.0 Å². The number of halogens is 4. The average Bonchev–Trinajstić information content (AvgIpc) is 3.36. The molecular weight excluding hydrogens is 568 g/mol. The third-order valence-corrected chi connectivity index (χ3v) is 7.10. The Hall–Kier alpha value is -5.00. The summed E-state index contributed by atoms with van der Waals surface area (Å²) in [6.45, 7) is 2.83. The maximum atomic E-state index is 14.2. The van der Waals surface area contributed by atoms with E-state index in [-0.39, 0.29) is 24.4 Å². The number of hydrogen-bond acceptors (Lipinski definition) is 5. The number of alkyl halides is 3. The first-order valence-electron chi connectivity index (χ1n) is 13.3. The van der Waals surface area contributed by atoms with Crippen LogP contribution in [0.15, 0.2) is 78.9 Å². The van der Waals surface area contributed by atoms with Crippen molar-refractivity contribution in [1.29, 1.82) is 0 Å². The van der Waals surface area contributed by atoms with E-state index in [0.717, 1.165) is 12.1 Å². The number of nitrogens with one attached hydrogen (secondary N) is 1. The minimum absolute atomic E-state index is 0.142. The molecule has 5 rings (SSSR count). The molecule has 3 aromatic carbocycles. The molecule has 1 aromatic heterocycles. The van der Waals surface area contributed by atoms with Crippen molar-refractivity contribution in [3.63, 3.8) is 0 Å². The highest BCUT2D eigenvalue weighted by Gasteiger charge is 2.46. The Morgan fingerprint density at radius 3 is 2.33 bits per heavy atom. The molecule has 1 N–H and O–H groups in total. The van der Waals surface area contributed by atoms with Gasteiger partial charge in [0.05, 0.1) is 11.3 Å². The Bertz CT molecular complexity index is 1670. The first-order valence-corrected chi connectivity index (χ1v) is 13.3. The van der Waals surface area contributed by atoms with Gasteiger partial charge in [-0.25, -0.2) is 9.07 Å². The number of ether oxygens (including phenoxy) is 1. The fourth-order valence-corrected chi connectivity index (χ4v) is 5.19. The van der Waals surface area contributed by atoms with Crippen molar-refractivity contribution in [3.05, 3.63) is 113 Å². The van der Waals surface area contributed by atoms with Crippen molar-refractivity contribution in [1.82, 2.24) is 15.1 Å². The van der Waals surface area contributed by atoms with Gasteiger partial charge in [-0.3, -0.25) is 19.3 Å². The van der Waals surface area contributed by atoms with Crippen LogP contribution in [-0.2, 0) is 27.1 Å². The Labute approximate surface area is 243 Å². The quantitative estimate of drug-likeness (QED) is 0.229. The van der Waals surface area contributed by atoms with Gasteiger partial charge in [0.25, 0.3) is 11.8 Å². The summed E-state index contributed by atoms with van der Waals surface area (Å²) in [5.74, 6) is -3.18. The van der Waals surface area contributed by atoms with Gasteiger partial charge in [-0.15, -0.1) is 0 Å². The van der Waals surface area contributed by atoms with E-state index in [1.165, 1.54) is 46.8 Å². The zero-order chi connectivity index (χ0) is 30.9. The van der Waals surface area contributed by atoms with Crippen LogP contribution in [0.4, 0.5) is 23.4 Å². The van der Waals surface area contributed by atoms with Crippen LogP contribution < -0.4 is 10.2 Å². The normalized spacial score (nSPS) is 16.5. The van der Waals surface area contributed by atoms with Gasteiger partial charge in [0.15, 0.2) is 0 Å². The molecule has 0 fully saturated rings. The molecule has 8 nitrogen and oxygen atoms in total. The van der Waals surface area contributed by atoms with Crippen molar-refractivity contribution in [2.45, 2.75) is 38.6 Å². The molecule has 0 saturated heterocycles. The summed E-state index contributed by atoms with van der Waals surface area (Å²) in [5, 5.41) is 7.34. The van der Waals surface area contributed by atoms with Crippen molar-refractivity contribution in [3.8, 4) is 5.69 Å². The molecule has 2 amide bonds. The van der Waals surface area contributed by atoms with E-state index in [1.807, 2.05) is 6.07 Å². The third-order valence-electron chi connectivity index (χ3n) is 7.10. The Kier molecular flexibility index (Phi) is 8.03. The Balaban J connectivity index is 1.70. The van der Waals surface area contributed by atoms with Crippen LogP contribution in [0.25, 0.3) is 5.69 Å². The molecule has 12 heteroatoms. The number of fused-ring (bicyclic) bond motifs is 1. The molecule has 0 radical (unpaired) electrons.